The van der Waals surface area contributed by atoms with Crippen molar-refractivity contribution in [1.29, 1.82) is 0 Å². The molecule has 0 aromatic heterocycles. The van der Waals surface area contributed by atoms with Gasteiger partial charge in [0.05, 0.1) is 6.54 Å². The number of carbonyl (C=O) groups is 1. The van der Waals surface area contributed by atoms with E-state index in [1.807, 2.05) is 84.7 Å². The largest absolute Gasteiger partial charge is 0.490 e. The van der Waals surface area contributed by atoms with Gasteiger partial charge in [-0.25, -0.2) is 0 Å². The third kappa shape index (κ3) is 7.31. The minimum atomic E-state index is -0.0620. The van der Waals surface area contributed by atoms with Crippen LogP contribution in [0.3, 0.4) is 0 Å². The average molecular weight is 390 g/mol. The summed E-state index contributed by atoms with van der Waals surface area (Å²) in [4.78, 5) is 14.3. The number of amides is 1. The van der Waals surface area contributed by atoms with Gasteiger partial charge < -0.3 is 14.8 Å². The highest BCUT2D eigenvalue weighted by Gasteiger charge is 2.08. The number of carbonyl (C=O) groups excluding carboxylic acids is 1. The van der Waals surface area contributed by atoms with Crippen LogP contribution in [0.1, 0.15) is 5.56 Å². The molecule has 1 N–H and O–H groups in total. The van der Waals surface area contributed by atoms with Crippen LogP contribution in [0.25, 0.3) is 0 Å². The minimum Gasteiger partial charge on any atom is -0.490 e. The predicted molar refractivity (Wildman–Crippen MR) is 115 cm³/mol. The van der Waals surface area contributed by atoms with Crippen molar-refractivity contribution in [3.63, 3.8) is 0 Å². The highest BCUT2D eigenvalue weighted by molar-refractivity contribution is 5.92. The molecule has 0 heterocycles. The summed E-state index contributed by atoms with van der Waals surface area (Å²) in [5.41, 5.74) is 1.89. The zero-order chi connectivity index (χ0) is 20.3. The fraction of sp³-hybridized carbons (Fsp3) is 0.208. The highest BCUT2D eigenvalue weighted by Crippen LogP contribution is 2.17. The van der Waals surface area contributed by atoms with E-state index in [1.54, 1.807) is 0 Å². The van der Waals surface area contributed by atoms with Gasteiger partial charge in [0.15, 0.2) is 0 Å². The molecule has 29 heavy (non-hydrogen) atoms. The number of anilines is 1. The van der Waals surface area contributed by atoms with E-state index in [2.05, 4.69) is 17.4 Å². The molecule has 1 amide bonds. The quantitative estimate of drug-likeness (QED) is 0.527. The van der Waals surface area contributed by atoms with Crippen LogP contribution in [0.5, 0.6) is 11.5 Å². The van der Waals surface area contributed by atoms with Gasteiger partial charge in [0.1, 0.15) is 24.7 Å². The third-order valence-electron chi connectivity index (χ3n) is 4.19. The monoisotopic (exact) mass is 390 g/mol. The minimum absolute atomic E-state index is 0.0620. The number of nitrogens with zero attached hydrogens (tertiary/aromatic N) is 1. The number of benzene rings is 3. The average Bonchev–Trinajstić information content (AvgIpc) is 2.73. The van der Waals surface area contributed by atoms with Crippen LogP contribution in [0.4, 0.5) is 5.69 Å². The predicted octanol–water partition coefficient (Wildman–Crippen LogP) is 4.21. The maximum Gasteiger partial charge on any atom is 0.238 e. The molecule has 0 unspecified atom stereocenters. The van der Waals surface area contributed by atoms with E-state index < -0.39 is 0 Å². The molecule has 5 nitrogen and oxygen atoms in total. The topological polar surface area (TPSA) is 50.8 Å². The van der Waals surface area contributed by atoms with Gasteiger partial charge in [-0.1, -0.05) is 54.6 Å². The molecule has 0 aliphatic heterocycles. The van der Waals surface area contributed by atoms with E-state index in [9.17, 15) is 4.79 Å². The Morgan fingerprint density at radius 3 is 2.17 bits per heavy atom. The highest BCUT2D eigenvalue weighted by atomic mass is 16.5. The van der Waals surface area contributed by atoms with Crippen molar-refractivity contribution in [2.45, 2.75) is 6.54 Å². The summed E-state index contributed by atoms with van der Waals surface area (Å²) in [5.74, 6) is 1.45. The summed E-state index contributed by atoms with van der Waals surface area (Å²) >= 11 is 0. The van der Waals surface area contributed by atoms with Gasteiger partial charge in [0.2, 0.25) is 5.91 Å². The van der Waals surface area contributed by atoms with Crippen molar-refractivity contribution in [1.82, 2.24) is 4.90 Å². The molecule has 0 atom stereocenters. The molecule has 0 bridgehead atoms. The second kappa shape index (κ2) is 10.9. The first-order chi connectivity index (χ1) is 14.2. The maximum absolute atomic E-state index is 12.3. The van der Waals surface area contributed by atoms with Gasteiger partial charge in [-0.15, -0.1) is 0 Å². The van der Waals surface area contributed by atoms with E-state index in [0.29, 0.717) is 31.2 Å². The van der Waals surface area contributed by atoms with Crippen molar-refractivity contribution in [3.8, 4) is 11.5 Å². The van der Waals surface area contributed by atoms with Gasteiger partial charge in [-0.05, 0) is 36.9 Å². The normalized spacial score (nSPS) is 10.6. The zero-order valence-electron chi connectivity index (χ0n) is 16.6. The number of hydrogen-bond donors (Lipinski definition) is 1. The lowest BCUT2D eigenvalue weighted by atomic mass is 10.2. The Hall–Kier alpha value is -3.31. The van der Waals surface area contributed by atoms with Gasteiger partial charge in [0, 0.05) is 18.3 Å². The van der Waals surface area contributed by atoms with Crippen LogP contribution in [-0.2, 0) is 11.3 Å². The molecule has 0 aliphatic rings. The summed E-state index contributed by atoms with van der Waals surface area (Å²) in [6, 6.07) is 27.1. The second-order valence-corrected chi connectivity index (χ2v) is 6.74. The van der Waals surface area contributed by atoms with E-state index >= 15 is 0 Å². The molecule has 0 saturated heterocycles. The Labute approximate surface area is 171 Å². The van der Waals surface area contributed by atoms with Crippen molar-refractivity contribution < 1.29 is 14.3 Å². The van der Waals surface area contributed by atoms with Crippen LogP contribution in [0, 0.1) is 0 Å². The number of para-hydroxylation sites is 1. The molecule has 150 valence electrons. The Morgan fingerprint density at radius 2 is 1.45 bits per heavy atom. The lowest BCUT2D eigenvalue weighted by Crippen LogP contribution is -2.29. The van der Waals surface area contributed by atoms with Gasteiger partial charge in [-0.3, -0.25) is 9.69 Å². The number of nitrogens with one attached hydrogen (secondary N) is 1. The molecule has 3 rings (SSSR count). The summed E-state index contributed by atoms with van der Waals surface area (Å²) < 4.78 is 11.3. The maximum atomic E-state index is 12.3. The first-order valence-corrected chi connectivity index (χ1v) is 9.62. The van der Waals surface area contributed by atoms with Gasteiger partial charge in [-0.2, -0.15) is 0 Å². The Bertz CT molecular complexity index is 885. The van der Waals surface area contributed by atoms with Gasteiger partial charge in [0.25, 0.3) is 0 Å². The summed E-state index contributed by atoms with van der Waals surface area (Å²) in [6.45, 7) is 1.90. The molecule has 0 fully saturated rings. The molecule has 5 heteroatoms. The summed E-state index contributed by atoms with van der Waals surface area (Å²) in [7, 11) is 1.93. The van der Waals surface area contributed by atoms with E-state index in [-0.39, 0.29) is 5.91 Å². The molecule has 0 spiro atoms. The number of ether oxygens (including phenoxy) is 2. The van der Waals surface area contributed by atoms with E-state index in [4.69, 9.17) is 9.47 Å². The number of likely N-dealkylation sites (N-methyl/N-ethyl adjacent to an activating group) is 1. The SMILES string of the molecule is CN(CC(=O)Nc1cccc(OCCOc2ccccc2)c1)Cc1ccccc1. The molecular weight excluding hydrogens is 364 g/mol. The van der Waals surface area contributed by atoms with Crippen LogP contribution in [0.15, 0.2) is 84.9 Å². The zero-order valence-corrected chi connectivity index (χ0v) is 16.6. The van der Waals surface area contributed by atoms with Crippen molar-refractivity contribution in [2.75, 3.05) is 32.1 Å². The number of hydrogen-bond acceptors (Lipinski definition) is 4. The number of rotatable bonds is 10. The first kappa shape index (κ1) is 20.4. The lowest BCUT2D eigenvalue weighted by molar-refractivity contribution is -0.117. The second-order valence-electron chi connectivity index (χ2n) is 6.74. The Morgan fingerprint density at radius 1 is 0.828 bits per heavy atom. The van der Waals surface area contributed by atoms with Crippen molar-refractivity contribution >= 4 is 11.6 Å². The molecule has 0 saturated carbocycles. The van der Waals surface area contributed by atoms with Gasteiger partial charge >= 0.3 is 0 Å². The molecular formula is C24H26N2O3. The third-order valence-corrected chi connectivity index (χ3v) is 4.19. The van der Waals surface area contributed by atoms with Crippen LogP contribution >= 0.6 is 0 Å². The van der Waals surface area contributed by atoms with Crippen LogP contribution in [0.2, 0.25) is 0 Å². The first-order valence-electron chi connectivity index (χ1n) is 9.62. The fourth-order valence-corrected chi connectivity index (χ4v) is 2.90. The summed E-state index contributed by atoms with van der Waals surface area (Å²) in [5, 5.41) is 2.92. The standard InChI is InChI=1S/C24H26N2O3/c1-26(18-20-9-4-2-5-10-20)19-24(27)25-21-11-8-14-23(17-21)29-16-15-28-22-12-6-3-7-13-22/h2-14,17H,15-16,18-19H2,1H3,(H,25,27). The smallest absolute Gasteiger partial charge is 0.238 e. The van der Waals surface area contributed by atoms with Crippen molar-refractivity contribution in [2.24, 2.45) is 0 Å². The van der Waals surface area contributed by atoms with E-state index in [0.717, 1.165) is 12.3 Å². The summed E-state index contributed by atoms with van der Waals surface area (Å²) in [6.07, 6.45) is 0. The molecule has 3 aromatic rings. The Balaban J connectivity index is 1.42. The molecule has 0 radical (unpaired) electrons. The molecule has 3 aromatic carbocycles. The van der Waals surface area contributed by atoms with Crippen molar-refractivity contribution in [3.05, 3.63) is 90.5 Å². The fourth-order valence-electron chi connectivity index (χ4n) is 2.90. The van der Waals surface area contributed by atoms with Crippen LogP contribution < -0.4 is 14.8 Å². The Kier molecular flexibility index (Phi) is 7.66. The van der Waals surface area contributed by atoms with Crippen LogP contribution in [-0.4, -0.2) is 37.6 Å². The lowest BCUT2D eigenvalue weighted by Gasteiger charge is -2.16. The van der Waals surface area contributed by atoms with E-state index in [1.165, 1.54) is 5.56 Å². The molecule has 0 aliphatic carbocycles.